The van der Waals surface area contributed by atoms with E-state index in [2.05, 4.69) is 52.7 Å². The van der Waals surface area contributed by atoms with Gasteiger partial charge in [0.15, 0.2) is 5.11 Å². The van der Waals surface area contributed by atoms with Gasteiger partial charge in [-0.15, -0.1) is 0 Å². The highest BCUT2D eigenvalue weighted by atomic mass is 32.1. The first-order valence-electron chi connectivity index (χ1n) is 8.72. The Hall–Kier alpha value is -1.92. The van der Waals surface area contributed by atoms with Crippen molar-refractivity contribution in [1.82, 2.24) is 19.8 Å². The van der Waals surface area contributed by atoms with Gasteiger partial charge in [0.25, 0.3) is 0 Å². The molecule has 25 heavy (non-hydrogen) atoms. The molecule has 0 bridgehead atoms. The smallest absolute Gasteiger partial charge is 0.170 e. The molecule has 6 heteroatoms. The standard InChI is InChI=1S/C19H26N4OS/c1-5-22-18(15-12-13(2)23(14(15)3)10-11-24-4)17(21-19(22)25)16-8-6-7-9-20-16/h6-9,12,17-18H,5,10-11H2,1-4H3,(H,21,25)/t17-,18-/m0/s1. The average Bonchev–Trinajstić information content (AvgIpc) is 3.10. The Morgan fingerprint density at radius 3 is 2.76 bits per heavy atom. The van der Waals surface area contributed by atoms with Crippen molar-refractivity contribution in [2.24, 2.45) is 0 Å². The van der Waals surface area contributed by atoms with Crippen LogP contribution in [-0.4, -0.2) is 39.8 Å². The van der Waals surface area contributed by atoms with Gasteiger partial charge in [0, 0.05) is 37.8 Å². The Balaban J connectivity index is 2.03. The van der Waals surface area contributed by atoms with E-state index in [1.807, 2.05) is 18.3 Å². The fraction of sp³-hybridized carbons (Fsp3) is 0.474. The summed E-state index contributed by atoms with van der Waals surface area (Å²) >= 11 is 5.61. The van der Waals surface area contributed by atoms with E-state index >= 15 is 0 Å². The third kappa shape index (κ3) is 3.28. The van der Waals surface area contributed by atoms with E-state index in [1.54, 1.807) is 7.11 Å². The van der Waals surface area contributed by atoms with Crippen molar-refractivity contribution in [3.8, 4) is 0 Å². The van der Waals surface area contributed by atoms with Gasteiger partial charge in [-0.3, -0.25) is 4.98 Å². The lowest BCUT2D eigenvalue weighted by Gasteiger charge is -2.27. The van der Waals surface area contributed by atoms with Crippen molar-refractivity contribution in [3.63, 3.8) is 0 Å². The first-order valence-corrected chi connectivity index (χ1v) is 9.13. The quantitative estimate of drug-likeness (QED) is 0.804. The van der Waals surface area contributed by atoms with Gasteiger partial charge < -0.3 is 19.5 Å². The van der Waals surface area contributed by atoms with Gasteiger partial charge in [-0.2, -0.15) is 0 Å². The molecule has 0 spiro atoms. The monoisotopic (exact) mass is 358 g/mol. The van der Waals surface area contributed by atoms with Crippen molar-refractivity contribution in [3.05, 3.63) is 53.1 Å². The number of thiocarbonyl (C=S) groups is 1. The van der Waals surface area contributed by atoms with Gasteiger partial charge in [-0.25, -0.2) is 0 Å². The maximum Gasteiger partial charge on any atom is 0.170 e. The zero-order chi connectivity index (χ0) is 18.0. The van der Waals surface area contributed by atoms with Crippen molar-refractivity contribution in [2.45, 2.75) is 39.4 Å². The lowest BCUT2D eigenvalue weighted by atomic mass is 9.97. The summed E-state index contributed by atoms with van der Waals surface area (Å²) in [4.78, 5) is 6.83. The van der Waals surface area contributed by atoms with Crippen LogP contribution >= 0.6 is 12.2 Å². The van der Waals surface area contributed by atoms with Gasteiger partial charge in [0.1, 0.15) is 0 Å². The fourth-order valence-corrected chi connectivity index (χ4v) is 4.11. The second-order valence-corrected chi connectivity index (χ2v) is 6.77. The topological polar surface area (TPSA) is 42.3 Å². The molecule has 0 aromatic carbocycles. The first-order chi connectivity index (χ1) is 12.1. The highest BCUT2D eigenvalue weighted by Gasteiger charge is 2.40. The molecule has 1 aliphatic heterocycles. The maximum atomic E-state index is 5.61. The minimum Gasteiger partial charge on any atom is -0.383 e. The van der Waals surface area contributed by atoms with E-state index in [4.69, 9.17) is 17.0 Å². The van der Waals surface area contributed by atoms with Gasteiger partial charge >= 0.3 is 0 Å². The summed E-state index contributed by atoms with van der Waals surface area (Å²) in [6.45, 7) is 8.91. The highest BCUT2D eigenvalue weighted by molar-refractivity contribution is 7.80. The second-order valence-electron chi connectivity index (χ2n) is 6.38. The highest BCUT2D eigenvalue weighted by Crippen LogP contribution is 2.40. The molecule has 1 aliphatic rings. The van der Waals surface area contributed by atoms with Crippen LogP contribution < -0.4 is 5.32 Å². The largest absolute Gasteiger partial charge is 0.383 e. The predicted molar refractivity (Wildman–Crippen MR) is 104 cm³/mol. The summed E-state index contributed by atoms with van der Waals surface area (Å²) in [6, 6.07) is 8.53. The molecular weight excluding hydrogens is 332 g/mol. The Bertz CT molecular complexity index is 743. The molecule has 2 aromatic heterocycles. The van der Waals surface area contributed by atoms with Crippen LogP contribution in [0.4, 0.5) is 0 Å². The molecule has 0 aliphatic carbocycles. The number of ether oxygens (including phenoxy) is 1. The minimum absolute atomic E-state index is 0.0602. The van der Waals surface area contributed by atoms with Crippen molar-refractivity contribution in [1.29, 1.82) is 0 Å². The number of nitrogens with zero attached hydrogens (tertiary/aromatic N) is 3. The molecule has 1 fully saturated rings. The number of methoxy groups -OCH3 is 1. The van der Waals surface area contributed by atoms with Gasteiger partial charge in [0.05, 0.1) is 24.4 Å². The number of likely N-dealkylation sites (N-methyl/N-ethyl adjacent to an activating group) is 1. The van der Waals surface area contributed by atoms with Crippen LogP contribution in [0.3, 0.4) is 0 Å². The third-order valence-corrected chi connectivity index (χ3v) is 5.34. The summed E-state index contributed by atoms with van der Waals surface area (Å²) in [5, 5.41) is 4.28. The van der Waals surface area contributed by atoms with E-state index in [1.165, 1.54) is 17.0 Å². The number of nitrogens with one attached hydrogen (secondary N) is 1. The zero-order valence-electron chi connectivity index (χ0n) is 15.3. The van der Waals surface area contributed by atoms with Crippen LogP contribution in [0, 0.1) is 13.8 Å². The third-order valence-electron chi connectivity index (χ3n) is 4.99. The number of rotatable bonds is 6. The van der Waals surface area contributed by atoms with Crippen LogP contribution in [0.5, 0.6) is 0 Å². The van der Waals surface area contributed by atoms with Crippen LogP contribution in [0.2, 0.25) is 0 Å². The summed E-state index contributed by atoms with van der Waals surface area (Å²) in [7, 11) is 1.74. The molecule has 0 unspecified atom stereocenters. The molecule has 134 valence electrons. The minimum atomic E-state index is 0.0602. The fourth-order valence-electron chi connectivity index (χ4n) is 3.74. The summed E-state index contributed by atoms with van der Waals surface area (Å²) in [5.41, 5.74) is 4.84. The number of hydrogen-bond donors (Lipinski definition) is 1. The zero-order valence-corrected chi connectivity index (χ0v) is 16.1. The number of hydrogen-bond acceptors (Lipinski definition) is 3. The lowest BCUT2D eigenvalue weighted by Crippen LogP contribution is -2.29. The van der Waals surface area contributed by atoms with Crippen LogP contribution in [-0.2, 0) is 11.3 Å². The lowest BCUT2D eigenvalue weighted by molar-refractivity contribution is 0.186. The van der Waals surface area contributed by atoms with Gasteiger partial charge in [-0.05, 0) is 56.8 Å². The summed E-state index contributed by atoms with van der Waals surface area (Å²) in [6.07, 6.45) is 1.84. The van der Waals surface area contributed by atoms with Crippen LogP contribution in [0.1, 0.15) is 41.7 Å². The molecule has 3 heterocycles. The van der Waals surface area contributed by atoms with Crippen molar-refractivity contribution in [2.75, 3.05) is 20.3 Å². The Morgan fingerprint density at radius 2 is 2.12 bits per heavy atom. The van der Waals surface area contributed by atoms with Gasteiger partial charge in [0.2, 0.25) is 0 Å². The molecule has 3 rings (SSSR count). The van der Waals surface area contributed by atoms with Crippen molar-refractivity contribution >= 4 is 17.3 Å². The Kier molecular flexibility index (Phi) is 5.39. The summed E-state index contributed by atoms with van der Waals surface area (Å²) in [5.74, 6) is 0. The van der Waals surface area contributed by atoms with Crippen LogP contribution in [0.25, 0.3) is 0 Å². The molecule has 2 aromatic rings. The van der Waals surface area contributed by atoms with Crippen LogP contribution in [0.15, 0.2) is 30.5 Å². The van der Waals surface area contributed by atoms with E-state index in [-0.39, 0.29) is 12.1 Å². The normalized spacial score (nSPS) is 20.2. The van der Waals surface area contributed by atoms with E-state index in [0.29, 0.717) is 6.61 Å². The Morgan fingerprint density at radius 1 is 1.32 bits per heavy atom. The molecule has 2 atom stereocenters. The molecule has 0 radical (unpaired) electrons. The van der Waals surface area contributed by atoms with E-state index in [9.17, 15) is 0 Å². The number of aryl methyl sites for hydroxylation is 1. The molecule has 0 saturated carbocycles. The summed E-state index contributed by atoms with van der Waals surface area (Å²) < 4.78 is 7.59. The van der Waals surface area contributed by atoms with Crippen molar-refractivity contribution < 1.29 is 4.74 Å². The predicted octanol–water partition coefficient (Wildman–Crippen LogP) is 3.14. The first kappa shape index (κ1) is 17.9. The Labute approximate surface area is 155 Å². The number of aromatic nitrogens is 2. The molecule has 1 saturated heterocycles. The SMILES string of the molecule is CCN1C(=S)N[C@@H](c2ccccn2)[C@@H]1c1cc(C)n(CCOC)c1C. The molecule has 0 amide bonds. The van der Waals surface area contributed by atoms with E-state index in [0.717, 1.165) is 23.9 Å². The average molecular weight is 359 g/mol. The molecule has 1 N–H and O–H groups in total. The second kappa shape index (κ2) is 7.54. The maximum absolute atomic E-state index is 5.61. The van der Waals surface area contributed by atoms with Gasteiger partial charge in [-0.1, -0.05) is 6.07 Å². The molecular formula is C19H26N4OS. The van der Waals surface area contributed by atoms with E-state index < -0.39 is 0 Å². The number of pyridine rings is 1. The molecule has 5 nitrogen and oxygen atoms in total.